The Morgan fingerprint density at radius 1 is 1.65 bits per heavy atom. The quantitative estimate of drug-likeness (QED) is 0.871. The molecule has 0 spiro atoms. The molecular weight excluding hydrogens is 234 g/mol. The minimum atomic E-state index is -0.0321. The molecule has 0 aromatic carbocycles. The van der Waals surface area contributed by atoms with E-state index in [9.17, 15) is 0 Å². The number of halogens is 1. The van der Waals surface area contributed by atoms with E-state index in [4.69, 9.17) is 17.3 Å². The van der Waals surface area contributed by atoms with Gasteiger partial charge in [0, 0.05) is 12.7 Å². The van der Waals surface area contributed by atoms with Gasteiger partial charge in [-0.2, -0.15) is 0 Å². The van der Waals surface area contributed by atoms with E-state index < -0.39 is 0 Å². The van der Waals surface area contributed by atoms with E-state index in [-0.39, 0.29) is 5.54 Å². The summed E-state index contributed by atoms with van der Waals surface area (Å²) in [6.07, 6.45) is 6.46. The third kappa shape index (κ3) is 2.90. The van der Waals surface area contributed by atoms with E-state index in [1.807, 2.05) is 12.1 Å². The van der Waals surface area contributed by atoms with Crippen LogP contribution in [-0.4, -0.2) is 17.1 Å². The van der Waals surface area contributed by atoms with Gasteiger partial charge in [-0.15, -0.1) is 0 Å². The van der Waals surface area contributed by atoms with Crippen LogP contribution < -0.4 is 11.1 Å². The SMILES string of the molecule is CC1CCCC(CN)(Nc2ncccc2Cl)C1. The summed E-state index contributed by atoms with van der Waals surface area (Å²) in [4.78, 5) is 4.29. The van der Waals surface area contributed by atoms with Crippen LogP contribution in [0.15, 0.2) is 18.3 Å². The van der Waals surface area contributed by atoms with E-state index >= 15 is 0 Å². The number of anilines is 1. The van der Waals surface area contributed by atoms with Gasteiger partial charge in [-0.1, -0.05) is 31.4 Å². The minimum Gasteiger partial charge on any atom is -0.362 e. The average Bonchev–Trinajstić information content (AvgIpc) is 2.32. The molecule has 2 rings (SSSR count). The fourth-order valence-electron chi connectivity index (χ4n) is 2.74. The van der Waals surface area contributed by atoms with Crippen LogP contribution in [0, 0.1) is 5.92 Å². The Kier molecular flexibility index (Phi) is 3.89. The molecule has 17 heavy (non-hydrogen) atoms. The van der Waals surface area contributed by atoms with Crippen molar-refractivity contribution >= 4 is 17.4 Å². The second kappa shape index (κ2) is 5.23. The van der Waals surface area contributed by atoms with Crippen LogP contribution in [0.2, 0.25) is 5.02 Å². The fraction of sp³-hybridized carbons (Fsp3) is 0.615. The molecule has 0 bridgehead atoms. The second-order valence-corrected chi connectivity index (χ2v) is 5.55. The highest BCUT2D eigenvalue weighted by Gasteiger charge is 2.34. The molecule has 0 radical (unpaired) electrons. The molecule has 1 heterocycles. The Morgan fingerprint density at radius 3 is 3.12 bits per heavy atom. The first-order valence-electron chi connectivity index (χ1n) is 6.24. The lowest BCUT2D eigenvalue weighted by atomic mass is 9.76. The number of hydrogen-bond donors (Lipinski definition) is 2. The largest absolute Gasteiger partial charge is 0.362 e. The van der Waals surface area contributed by atoms with Crippen LogP contribution in [-0.2, 0) is 0 Å². The normalized spacial score (nSPS) is 29.0. The number of nitrogens with one attached hydrogen (secondary N) is 1. The Morgan fingerprint density at radius 2 is 2.47 bits per heavy atom. The molecule has 1 fully saturated rings. The van der Waals surface area contributed by atoms with Crippen molar-refractivity contribution in [3.63, 3.8) is 0 Å². The van der Waals surface area contributed by atoms with Crippen molar-refractivity contribution in [1.29, 1.82) is 0 Å². The molecule has 1 aliphatic carbocycles. The van der Waals surface area contributed by atoms with Gasteiger partial charge in [-0.3, -0.25) is 0 Å². The lowest BCUT2D eigenvalue weighted by Crippen LogP contribution is -2.49. The molecule has 1 aromatic heterocycles. The van der Waals surface area contributed by atoms with Crippen LogP contribution in [0.5, 0.6) is 0 Å². The van der Waals surface area contributed by atoms with E-state index in [0.29, 0.717) is 17.5 Å². The predicted octanol–water partition coefficient (Wildman–Crippen LogP) is 3.05. The highest BCUT2D eigenvalue weighted by atomic mass is 35.5. The van der Waals surface area contributed by atoms with Gasteiger partial charge in [-0.05, 0) is 30.9 Å². The van der Waals surface area contributed by atoms with Crippen molar-refractivity contribution in [1.82, 2.24) is 4.98 Å². The summed E-state index contributed by atoms with van der Waals surface area (Å²) in [7, 11) is 0. The maximum absolute atomic E-state index is 6.13. The maximum Gasteiger partial charge on any atom is 0.145 e. The first-order valence-corrected chi connectivity index (χ1v) is 6.62. The molecule has 1 aromatic rings. The third-order valence-electron chi connectivity index (χ3n) is 3.62. The lowest BCUT2D eigenvalue weighted by molar-refractivity contribution is 0.263. The summed E-state index contributed by atoms with van der Waals surface area (Å²) in [5.41, 5.74) is 5.93. The first kappa shape index (κ1) is 12.7. The van der Waals surface area contributed by atoms with Crippen LogP contribution in [0.3, 0.4) is 0 Å². The van der Waals surface area contributed by atoms with Crippen molar-refractivity contribution < 1.29 is 0 Å². The summed E-state index contributed by atoms with van der Waals surface area (Å²) in [6.45, 7) is 2.91. The number of rotatable bonds is 3. The molecule has 94 valence electrons. The predicted molar refractivity (Wildman–Crippen MR) is 72.3 cm³/mol. The smallest absolute Gasteiger partial charge is 0.145 e. The van der Waals surface area contributed by atoms with Crippen LogP contribution in [0.1, 0.15) is 32.6 Å². The Labute approximate surface area is 108 Å². The number of nitrogens with two attached hydrogens (primary N) is 1. The summed E-state index contributed by atoms with van der Waals surface area (Å²) in [5.74, 6) is 1.47. The molecular formula is C13H20ClN3. The molecule has 3 nitrogen and oxygen atoms in total. The Hall–Kier alpha value is -0.800. The van der Waals surface area contributed by atoms with Gasteiger partial charge >= 0.3 is 0 Å². The number of aromatic nitrogens is 1. The van der Waals surface area contributed by atoms with Crippen molar-refractivity contribution in [3.8, 4) is 0 Å². The number of nitrogens with zero attached hydrogens (tertiary/aromatic N) is 1. The highest BCUT2D eigenvalue weighted by molar-refractivity contribution is 6.32. The zero-order valence-electron chi connectivity index (χ0n) is 10.2. The summed E-state index contributed by atoms with van der Waals surface area (Å²) >= 11 is 6.13. The standard InChI is InChI=1S/C13H20ClN3/c1-10-4-2-6-13(8-10,9-15)17-12-11(14)5-3-7-16-12/h3,5,7,10H,2,4,6,8-9,15H2,1H3,(H,16,17). The number of hydrogen-bond acceptors (Lipinski definition) is 3. The van der Waals surface area contributed by atoms with Gasteiger partial charge in [-0.25, -0.2) is 4.98 Å². The summed E-state index contributed by atoms with van der Waals surface area (Å²) in [6, 6.07) is 3.69. The molecule has 0 amide bonds. The molecule has 0 saturated heterocycles. The summed E-state index contributed by atoms with van der Waals surface area (Å²) < 4.78 is 0. The van der Waals surface area contributed by atoms with Gasteiger partial charge in [0.2, 0.25) is 0 Å². The minimum absolute atomic E-state index is 0.0321. The molecule has 2 unspecified atom stereocenters. The molecule has 0 aliphatic heterocycles. The molecule has 2 atom stereocenters. The van der Waals surface area contributed by atoms with Crippen LogP contribution >= 0.6 is 11.6 Å². The van der Waals surface area contributed by atoms with Crippen molar-refractivity contribution in [2.45, 2.75) is 38.1 Å². The molecule has 1 aliphatic rings. The van der Waals surface area contributed by atoms with Gasteiger partial charge < -0.3 is 11.1 Å². The molecule has 3 N–H and O–H groups in total. The summed E-state index contributed by atoms with van der Waals surface area (Å²) in [5, 5.41) is 4.14. The highest BCUT2D eigenvalue weighted by Crippen LogP contribution is 2.35. The maximum atomic E-state index is 6.13. The average molecular weight is 254 g/mol. The van der Waals surface area contributed by atoms with Gasteiger partial charge in [0.25, 0.3) is 0 Å². The first-order chi connectivity index (χ1) is 8.15. The van der Waals surface area contributed by atoms with Gasteiger partial charge in [0.1, 0.15) is 5.82 Å². The van der Waals surface area contributed by atoms with E-state index in [2.05, 4.69) is 17.2 Å². The van der Waals surface area contributed by atoms with Crippen molar-refractivity contribution in [2.75, 3.05) is 11.9 Å². The zero-order valence-corrected chi connectivity index (χ0v) is 11.0. The van der Waals surface area contributed by atoms with Crippen molar-refractivity contribution in [2.24, 2.45) is 11.7 Å². The fourth-order valence-corrected chi connectivity index (χ4v) is 2.91. The van der Waals surface area contributed by atoms with E-state index in [0.717, 1.165) is 18.7 Å². The Balaban J connectivity index is 2.17. The zero-order chi connectivity index (χ0) is 12.3. The Bertz CT molecular complexity index is 383. The van der Waals surface area contributed by atoms with E-state index in [1.165, 1.54) is 12.8 Å². The topological polar surface area (TPSA) is 50.9 Å². The lowest BCUT2D eigenvalue weighted by Gasteiger charge is -2.40. The second-order valence-electron chi connectivity index (χ2n) is 5.14. The van der Waals surface area contributed by atoms with Gasteiger partial charge in [0.05, 0.1) is 10.6 Å². The van der Waals surface area contributed by atoms with Crippen molar-refractivity contribution in [3.05, 3.63) is 23.4 Å². The van der Waals surface area contributed by atoms with Gasteiger partial charge in [0.15, 0.2) is 0 Å². The third-order valence-corrected chi connectivity index (χ3v) is 3.93. The molecule has 1 saturated carbocycles. The van der Waals surface area contributed by atoms with E-state index in [1.54, 1.807) is 6.20 Å². The monoisotopic (exact) mass is 253 g/mol. The number of pyridine rings is 1. The van der Waals surface area contributed by atoms with Crippen LogP contribution in [0.4, 0.5) is 5.82 Å². The molecule has 4 heteroatoms. The van der Waals surface area contributed by atoms with Crippen LogP contribution in [0.25, 0.3) is 0 Å².